The number of hydrogen-bond acceptors (Lipinski definition) is 4. The molecule has 0 radical (unpaired) electrons. The maximum atomic E-state index is 14.4. The van der Waals surface area contributed by atoms with Crippen LogP contribution in [0.1, 0.15) is 107 Å². The molecule has 1 saturated heterocycles. The fourth-order valence-electron chi connectivity index (χ4n) is 11.1. The SMILES string of the molecule is CCOC(=O)[C@@]1(C)CC[C@]2(C)CC[C@]3(C)C(=CC(=O)[C@@H]4[C@@]5(C)C[C@H]6O[C@H]6C(C)(C)[C@@H]5CC[C@]43C)[C@@H]2C1. The molecule has 5 fully saturated rings. The molecule has 4 saturated carbocycles. The molecule has 36 heavy (non-hydrogen) atoms. The highest BCUT2D eigenvalue weighted by Crippen LogP contribution is 2.76. The van der Waals surface area contributed by atoms with Crippen LogP contribution in [0, 0.1) is 50.2 Å². The summed E-state index contributed by atoms with van der Waals surface area (Å²) in [6.45, 7) is 19.0. The summed E-state index contributed by atoms with van der Waals surface area (Å²) in [7, 11) is 0. The van der Waals surface area contributed by atoms with E-state index in [1.54, 1.807) is 0 Å². The summed E-state index contributed by atoms with van der Waals surface area (Å²) >= 11 is 0. The van der Waals surface area contributed by atoms with E-state index in [-0.39, 0.29) is 44.9 Å². The van der Waals surface area contributed by atoms with Crippen molar-refractivity contribution >= 4 is 11.8 Å². The minimum absolute atomic E-state index is 0.0119. The summed E-state index contributed by atoms with van der Waals surface area (Å²) in [5.74, 6) is 1.14. The van der Waals surface area contributed by atoms with E-state index >= 15 is 0 Å². The van der Waals surface area contributed by atoms with E-state index in [0.29, 0.717) is 30.5 Å². The van der Waals surface area contributed by atoms with Crippen molar-refractivity contribution in [3.05, 3.63) is 11.6 Å². The molecule has 1 heterocycles. The zero-order valence-corrected chi connectivity index (χ0v) is 24.0. The summed E-state index contributed by atoms with van der Waals surface area (Å²) in [6.07, 6.45) is 11.2. The van der Waals surface area contributed by atoms with Crippen LogP contribution >= 0.6 is 0 Å². The van der Waals surface area contributed by atoms with Crippen LogP contribution in [0.5, 0.6) is 0 Å². The predicted octanol–water partition coefficient (Wildman–Crippen LogP) is 6.91. The Morgan fingerprint density at radius 3 is 2.39 bits per heavy atom. The molecule has 0 unspecified atom stereocenters. The van der Waals surface area contributed by atoms with Gasteiger partial charge in [-0.3, -0.25) is 9.59 Å². The summed E-state index contributed by atoms with van der Waals surface area (Å²) in [6, 6.07) is 0. The largest absolute Gasteiger partial charge is 0.466 e. The molecule has 4 heteroatoms. The van der Waals surface area contributed by atoms with Gasteiger partial charge in [0.25, 0.3) is 0 Å². The lowest BCUT2D eigenvalue weighted by Gasteiger charge is -2.69. The van der Waals surface area contributed by atoms with Crippen LogP contribution in [0.3, 0.4) is 0 Å². The number of rotatable bonds is 2. The first kappa shape index (κ1) is 25.1. The first-order valence-electron chi connectivity index (χ1n) is 14.7. The number of fused-ring (bicyclic) bond motifs is 8. The molecule has 1 aliphatic heterocycles. The van der Waals surface area contributed by atoms with Gasteiger partial charge in [0, 0.05) is 5.92 Å². The quantitative estimate of drug-likeness (QED) is 0.308. The number of carbonyl (C=O) groups excluding carboxylic acids is 2. The minimum atomic E-state index is -0.463. The second-order valence-electron chi connectivity index (χ2n) is 15.6. The summed E-state index contributed by atoms with van der Waals surface area (Å²) in [5, 5.41) is 0. The number of esters is 1. The van der Waals surface area contributed by atoms with Crippen molar-refractivity contribution in [2.45, 2.75) is 119 Å². The second-order valence-corrected chi connectivity index (χ2v) is 15.6. The van der Waals surface area contributed by atoms with E-state index in [2.05, 4.69) is 54.5 Å². The predicted molar refractivity (Wildman–Crippen MR) is 140 cm³/mol. The van der Waals surface area contributed by atoms with Crippen molar-refractivity contribution in [2.75, 3.05) is 6.61 Å². The lowest BCUT2D eigenvalue weighted by Crippen LogP contribution is -2.66. The van der Waals surface area contributed by atoms with E-state index < -0.39 is 5.41 Å². The van der Waals surface area contributed by atoms with Crippen LogP contribution in [-0.2, 0) is 19.1 Å². The van der Waals surface area contributed by atoms with E-state index in [9.17, 15) is 9.59 Å². The molecular formula is C32H48O4. The fourth-order valence-corrected chi connectivity index (χ4v) is 11.1. The normalized spacial score (nSPS) is 54.6. The van der Waals surface area contributed by atoms with Gasteiger partial charge >= 0.3 is 5.97 Å². The average Bonchev–Trinajstić information content (AvgIpc) is 3.56. The highest BCUT2D eigenvalue weighted by atomic mass is 16.6. The molecule has 0 N–H and O–H groups in total. The monoisotopic (exact) mass is 496 g/mol. The second kappa shape index (κ2) is 7.27. The number of epoxide rings is 1. The van der Waals surface area contributed by atoms with Crippen molar-refractivity contribution < 1.29 is 19.1 Å². The zero-order chi connectivity index (χ0) is 26.1. The van der Waals surface area contributed by atoms with E-state index in [1.165, 1.54) is 18.4 Å². The lowest BCUT2D eigenvalue weighted by atomic mass is 9.33. The van der Waals surface area contributed by atoms with Gasteiger partial charge < -0.3 is 9.47 Å². The minimum Gasteiger partial charge on any atom is -0.466 e. The molecule has 0 aromatic rings. The number of hydrogen-bond donors (Lipinski definition) is 0. The number of carbonyl (C=O) groups is 2. The van der Waals surface area contributed by atoms with Gasteiger partial charge in [-0.1, -0.05) is 47.1 Å². The van der Waals surface area contributed by atoms with Gasteiger partial charge in [-0.05, 0) is 110 Å². The molecule has 0 aromatic heterocycles. The van der Waals surface area contributed by atoms with Gasteiger partial charge in [0.15, 0.2) is 5.78 Å². The smallest absolute Gasteiger partial charge is 0.311 e. The van der Waals surface area contributed by atoms with Gasteiger partial charge in [0.2, 0.25) is 0 Å². The lowest BCUT2D eigenvalue weighted by molar-refractivity contribution is -0.182. The van der Waals surface area contributed by atoms with Gasteiger partial charge in [-0.15, -0.1) is 0 Å². The Kier molecular flexibility index (Phi) is 5.08. The number of allylic oxidation sites excluding steroid dienone is 2. The van der Waals surface area contributed by atoms with Crippen LogP contribution < -0.4 is 0 Å². The van der Waals surface area contributed by atoms with Crippen LogP contribution in [0.15, 0.2) is 11.6 Å². The highest BCUT2D eigenvalue weighted by molar-refractivity contribution is 5.95. The maximum Gasteiger partial charge on any atom is 0.311 e. The van der Waals surface area contributed by atoms with Gasteiger partial charge in [-0.25, -0.2) is 0 Å². The van der Waals surface area contributed by atoms with Gasteiger partial charge in [-0.2, -0.15) is 0 Å². The Bertz CT molecular complexity index is 1040. The third kappa shape index (κ3) is 2.92. The third-order valence-corrected chi connectivity index (χ3v) is 13.5. The number of ether oxygens (including phenoxy) is 2. The topological polar surface area (TPSA) is 55.9 Å². The van der Waals surface area contributed by atoms with Gasteiger partial charge in [0.1, 0.15) is 0 Å². The fraction of sp³-hybridized carbons (Fsp3) is 0.875. The van der Waals surface area contributed by atoms with E-state index in [4.69, 9.17) is 9.47 Å². The molecule has 0 bridgehead atoms. The van der Waals surface area contributed by atoms with Crippen molar-refractivity contribution in [2.24, 2.45) is 50.2 Å². The van der Waals surface area contributed by atoms with Crippen LogP contribution in [-0.4, -0.2) is 30.6 Å². The molecule has 6 aliphatic rings. The standard InChI is InChI=1S/C32H48O4/c1-9-35-26(34)29(5)13-12-28(4)14-15-31(7)19(20(28)17-29)16-21(33)24-30(6)18-22-25(36-22)27(2,3)23(30)10-11-32(24,31)8/h16,20,22-25H,9-15,17-18H2,1-8H3/t20-,22+,23-,24+,25+,28+,29-,30-,31+,32+/m0/s1. The maximum absolute atomic E-state index is 14.4. The van der Waals surface area contributed by atoms with Crippen molar-refractivity contribution in [1.29, 1.82) is 0 Å². The summed E-state index contributed by atoms with van der Waals surface area (Å²) < 4.78 is 11.8. The van der Waals surface area contributed by atoms with E-state index in [0.717, 1.165) is 38.5 Å². The van der Waals surface area contributed by atoms with Crippen molar-refractivity contribution in [3.8, 4) is 0 Å². The number of ketones is 1. The average molecular weight is 497 g/mol. The first-order valence-corrected chi connectivity index (χ1v) is 14.7. The molecular weight excluding hydrogens is 448 g/mol. The molecule has 10 atom stereocenters. The summed E-state index contributed by atoms with van der Waals surface area (Å²) in [5.41, 5.74) is 1.09. The zero-order valence-electron chi connectivity index (χ0n) is 24.0. The first-order chi connectivity index (χ1) is 16.7. The Labute approximate surface area is 218 Å². The Balaban J connectivity index is 1.43. The van der Waals surface area contributed by atoms with E-state index in [1.807, 2.05) is 6.92 Å². The molecule has 6 rings (SSSR count). The Hall–Kier alpha value is -1.16. The van der Waals surface area contributed by atoms with Crippen LogP contribution in [0.4, 0.5) is 0 Å². The molecule has 0 amide bonds. The van der Waals surface area contributed by atoms with Crippen molar-refractivity contribution in [1.82, 2.24) is 0 Å². The van der Waals surface area contributed by atoms with Crippen LogP contribution in [0.25, 0.3) is 0 Å². The molecule has 0 spiro atoms. The molecule has 4 nitrogen and oxygen atoms in total. The third-order valence-electron chi connectivity index (χ3n) is 13.5. The van der Waals surface area contributed by atoms with Crippen molar-refractivity contribution in [3.63, 3.8) is 0 Å². The van der Waals surface area contributed by atoms with Gasteiger partial charge in [0.05, 0.1) is 24.2 Å². The highest BCUT2D eigenvalue weighted by Gasteiger charge is 2.73. The molecule has 5 aliphatic carbocycles. The van der Waals surface area contributed by atoms with Crippen LogP contribution in [0.2, 0.25) is 0 Å². The Morgan fingerprint density at radius 2 is 1.69 bits per heavy atom. The Morgan fingerprint density at radius 1 is 1.00 bits per heavy atom. The molecule has 0 aromatic carbocycles. The summed E-state index contributed by atoms with van der Waals surface area (Å²) in [4.78, 5) is 27.5. The molecule has 200 valence electrons.